The predicted molar refractivity (Wildman–Crippen MR) is 89.1 cm³/mol. The third-order valence-electron chi connectivity index (χ3n) is 2.88. The van der Waals surface area contributed by atoms with Crippen LogP contribution in [0.1, 0.15) is 15.2 Å². The standard InChI is InChI=1S/C13H14N2O4S3/c1-8-2-5-21-11(8)12(18)19-6-9(16)14-3-4-15-10(17)7-22-13(15)20/h2,5H,3-4,6-7H2,1H3,(H,14,16). The van der Waals surface area contributed by atoms with Gasteiger partial charge in [-0.05, 0) is 23.9 Å². The summed E-state index contributed by atoms with van der Waals surface area (Å²) in [4.78, 5) is 36.8. The Bertz CT molecular complexity index is 598. The number of hydrogen-bond acceptors (Lipinski definition) is 7. The fourth-order valence-corrected chi connectivity index (χ4v) is 3.67. The van der Waals surface area contributed by atoms with Crippen LogP contribution >= 0.6 is 35.3 Å². The van der Waals surface area contributed by atoms with Crippen molar-refractivity contribution in [1.82, 2.24) is 10.2 Å². The van der Waals surface area contributed by atoms with Crippen LogP contribution in [0.2, 0.25) is 0 Å². The van der Waals surface area contributed by atoms with Crippen LogP contribution in [0.15, 0.2) is 11.4 Å². The third kappa shape index (κ3) is 4.28. The number of thiophene rings is 1. The minimum absolute atomic E-state index is 0.0520. The molecule has 1 N–H and O–H groups in total. The number of thiocarbonyl (C=S) groups is 1. The van der Waals surface area contributed by atoms with Gasteiger partial charge in [-0.1, -0.05) is 24.0 Å². The summed E-state index contributed by atoms with van der Waals surface area (Å²) in [6, 6.07) is 1.81. The Morgan fingerprint density at radius 3 is 2.86 bits per heavy atom. The average molecular weight is 358 g/mol. The second-order valence-corrected chi connectivity index (χ2v) is 6.98. The summed E-state index contributed by atoms with van der Waals surface area (Å²) >= 11 is 7.62. The molecule has 1 aromatic heterocycles. The van der Waals surface area contributed by atoms with Gasteiger partial charge in [0.15, 0.2) is 6.61 Å². The largest absolute Gasteiger partial charge is 0.451 e. The van der Waals surface area contributed by atoms with E-state index in [0.717, 1.165) is 5.56 Å². The Morgan fingerprint density at radius 1 is 1.50 bits per heavy atom. The van der Waals surface area contributed by atoms with E-state index in [-0.39, 0.29) is 19.1 Å². The summed E-state index contributed by atoms with van der Waals surface area (Å²) in [6.07, 6.45) is 0. The molecule has 0 atom stereocenters. The molecule has 1 aliphatic heterocycles. The molecule has 0 aliphatic carbocycles. The number of thioether (sulfide) groups is 1. The molecule has 1 aliphatic rings. The van der Waals surface area contributed by atoms with Gasteiger partial charge in [0.2, 0.25) is 5.91 Å². The molecule has 6 nitrogen and oxygen atoms in total. The van der Waals surface area contributed by atoms with Crippen LogP contribution in [-0.2, 0) is 14.3 Å². The van der Waals surface area contributed by atoms with Gasteiger partial charge in [0.25, 0.3) is 5.91 Å². The number of rotatable bonds is 6. The van der Waals surface area contributed by atoms with Gasteiger partial charge in [0, 0.05) is 13.1 Å². The topological polar surface area (TPSA) is 75.7 Å². The van der Waals surface area contributed by atoms with E-state index in [2.05, 4.69) is 5.32 Å². The molecule has 118 valence electrons. The van der Waals surface area contributed by atoms with Crippen LogP contribution in [0.4, 0.5) is 0 Å². The second kappa shape index (κ2) is 7.70. The van der Waals surface area contributed by atoms with Gasteiger partial charge in [0.1, 0.15) is 9.20 Å². The number of aryl methyl sites for hydroxylation is 1. The van der Waals surface area contributed by atoms with Crippen LogP contribution in [0.25, 0.3) is 0 Å². The predicted octanol–water partition coefficient (Wildman–Crippen LogP) is 1.19. The summed E-state index contributed by atoms with van der Waals surface area (Å²) < 4.78 is 5.47. The van der Waals surface area contributed by atoms with E-state index in [1.165, 1.54) is 28.0 Å². The number of carbonyl (C=O) groups excluding carboxylic acids is 3. The highest BCUT2D eigenvalue weighted by molar-refractivity contribution is 8.23. The quantitative estimate of drug-likeness (QED) is 0.608. The SMILES string of the molecule is Cc1ccsc1C(=O)OCC(=O)NCCN1C(=O)CSC1=S. The molecule has 0 unspecified atom stereocenters. The summed E-state index contributed by atoms with van der Waals surface area (Å²) in [7, 11) is 0. The van der Waals surface area contributed by atoms with Crippen LogP contribution in [0.5, 0.6) is 0 Å². The van der Waals surface area contributed by atoms with Gasteiger partial charge in [-0.15, -0.1) is 11.3 Å². The number of nitrogens with zero attached hydrogens (tertiary/aromatic N) is 1. The Kier molecular flexibility index (Phi) is 5.92. The average Bonchev–Trinajstić information content (AvgIpc) is 3.04. The molecule has 1 aromatic rings. The number of carbonyl (C=O) groups is 3. The van der Waals surface area contributed by atoms with Gasteiger partial charge in [0.05, 0.1) is 5.75 Å². The summed E-state index contributed by atoms with van der Waals surface area (Å²) in [5, 5.41) is 4.38. The van der Waals surface area contributed by atoms with Crippen molar-refractivity contribution < 1.29 is 19.1 Å². The number of esters is 1. The van der Waals surface area contributed by atoms with Crippen molar-refractivity contribution >= 4 is 57.4 Å². The van der Waals surface area contributed by atoms with Crippen LogP contribution in [-0.4, -0.2) is 52.5 Å². The van der Waals surface area contributed by atoms with E-state index >= 15 is 0 Å². The summed E-state index contributed by atoms with van der Waals surface area (Å²) in [5.41, 5.74) is 0.828. The smallest absolute Gasteiger partial charge is 0.349 e. The Hall–Kier alpha value is -1.45. The monoisotopic (exact) mass is 358 g/mol. The summed E-state index contributed by atoms with van der Waals surface area (Å²) in [6.45, 7) is 2.06. The Balaban J connectivity index is 1.68. The van der Waals surface area contributed by atoms with Crippen molar-refractivity contribution in [2.45, 2.75) is 6.92 Å². The van der Waals surface area contributed by atoms with Crippen molar-refractivity contribution in [3.8, 4) is 0 Å². The van der Waals surface area contributed by atoms with Gasteiger partial charge in [-0.25, -0.2) is 4.79 Å². The van der Waals surface area contributed by atoms with Crippen molar-refractivity contribution in [3.05, 3.63) is 21.9 Å². The number of amides is 2. The molecule has 9 heteroatoms. The lowest BCUT2D eigenvalue weighted by Gasteiger charge is -2.15. The Morgan fingerprint density at radius 2 is 2.27 bits per heavy atom. The van der Waals surface area contributed by atoms with Gasteiger partial charge >= 0.3 is 5.97 Å². The zero-order valence-corrected chi connectivity index (χ0v) is 14.2. The molecule has 2 rings (SSSR count). The highest BCUT2D eigenvalue weighted by Crippen LogP contribution is 2.18. The minimum atomic E-state index is -0.505. The first-order valence-corrected chi connectivity index (χ1v) is 8.71. The number of nitrogens with one attached hydrogen (secondary N) is 1. The fraction of sp³-hybridized carbons (Fsp3) is 0.385. The maximum Gasteiger partial charge on any atom is 0.349 e. The van der Waals surface area contributed by atoms with Gasteiger partial charge < -0.3 is 10.1 Å². The molecule has 22 heavy (non-hydrogen) atoms. The van der Waals surface area contributed by atoms with E-state index in [4.69, 9.17) is 17.0 Å². The normalized spacial score (nSPS) is 14.3. The maximum atomic E-state index is 11.7. The Labute approximate surface area is 141 Å². The summed E-state index contributed by atoms with van der Waals surface area (Å²) in [5.74, 6) is -0.614. The first kappa shape index (κ1) is 16.9. The molecule has 2 heterocycles. The zero-order valence-electron chi connectivity index (χ0n) is 11.8. The van der Waals surface area contributed by atoms with E-state index in [1.807, 2.05) is 6.07 Å². The van der Waals surface area contributed by atoms with Crippen LogP contribution < -0.4 is 5.32 Å². The van der Waals surface area contributed by atoms with Crippen molar-refractivity contribution in [2.75, 3.05) is 25.4 Å². The molecule has 1 fully saturated rings. The molecule has 0 spiro atoms. The van der Waals surface area contributed by atoms with Gasteiger partial charge in [-0.3, -0.25) is 14.5 Å². The molecular weight excluding hydrogens is 344 g/mol. The highest BCUT2D eigenvalue weighted by atomic mass is 32.2. The molecule has 0 saturated carbocycles. The van der Waals surface area contributed by atoms with Gasteiger partial charge in [-0.2, -0.15) is 0 Å². The number of ether oxygens (including phenoxy) is 1. The fourth-order valence-electron chi connectivity index (χ4n) is 1.73. The molecule has 2 amide bonds. The first-order chi connectivity index (χ1) is 10.5. The van der Waals surface area contributed by atoms with E-state index in [0.29, 0.717) is 21.5 Å². The minimum Gasteiger partial charge on any atom is -0.451 e. The second-order valence-electron chi connectivity index (χ2n) is 4.46. The third-order valence-corrected chi connectivity index (χ3v) is 5.31. The van der Waals surface area contributed by atoms with E-state index in [1.54, 1.807) is 12.3 Å². The highest BCUT2D eigenvalue weighted by Gasteiger charge is 2.26. The molecule has 0 bridgehead atoms. The lowest BCUT2D eigenvalue weighted by molar-refractivity contribution is -0.126. The van der Waals surface area contributed by atoms with Crippen molar-refractivity contribution in [3.63, 3.8) is 0 Å². The van der Waals surface area contributed by atoms with Crippen LogP contribution in [0, 0.1) is 6.92 Å². The van der Waals surface area contributed by atoms with Crippen molar-refractivity contribution in [1.29, 1.82) is 0 Å². The zero-order chi connectivity index (χ0) is 16.1. The lowest BCUT2D eigenvalue weighted by atomic mass is 10.3. The molecule has 0 radical (unpaired) electrons. The first-order valence-electron chi connectivity index (χ1n) is 6.44. The van der Waals surface area contributed by atoms with E-state index < -0.39 is 11.9 Å². The van der Waals surface area contributed by atoms with Crippen LogP contribution in [0.3, 0.4) is 0 Å². The molecule has 0 aromatic carbocycles. The lowest BCUT2D eigenvalue weighted by Crippen LogP contribution is -2.38. The number of hydrogen-bond donors (Lipinski definition) is 1. The molecular formula is C13H14N2O4S3. The molecule has 1 saturated heterocycles. The maximum absolute atomic E-state index is 11.7. The van der Waals surface area contributed by atoms with Crippen molar-refractivity contribution in [2.24, 2.45) is 0 Å². The van der Waals surface area contributed by atoms with E-state index in [9.17, 15) is 14.4 Å².